The van der Waals surface area contributed by atoms with Gasteiger partial charge in [-0.1, -0.05) is 30.9 Å². The van der Waals surface area contributed by atoms with Crippen LogP contribution in [0.2, 0.25) is 0 Å². The first-order chi connectivity index (χ1) is 4.90. The van der Waals surface area contributed by atoms with Crippen LogP contribution in [0.3, 0.4) is 0 Å². The largest absolute Gasteiger partial charge is 0.0906 e. The minimum Gasteiger partial charge on any atom is -0.0906 e. The van der Waals surface area contributed by atoms with Crippen molar-refractivity contribution in [3.05, 3.63) is 47.5 Å². The lowest BCUT2D eigenvalue weighted by Crippen LogP contribution is -1.89. The molecule has 0 aromatic heterocycles. The van der Waals surface area contributed by atoms with Gasteiger partial charge in [0.05, 0.1) is 0 Å². The number of benzene rings is 1. The molecule has 0 atom stereocenters. The molecule has 1 aliphatic carbocycles. The smallest absolute Gasteiger partial charge is 0.0178 e. The Bertz CT molecular complexity index is 305. The van der Waals surface area contributed by atoms with Crippen molar-refractivity contribution in [2.24, 2.45) is 0 Å². The molecule has 1 aliphatic rings. The van der Waals surface area contributed by atoms with Crippen LogP contribution < -0.4 is 0 Å². The van der Waals surface area contributed by atoms with E-state index in [0.717, 1.165) is 5.56 Å². The quantitative estimate of drug-likeness (QED) is 0.552. The maximum absolute atomic E-state index is 3.58. The summed E-state index contributed by atoms with van der Waals surface area (Å²) in [4.78, 5) is 0. The molecular formula is C10H7. The Morgan fingerprint density at radius 1 is 1.10 bits per heavy atom. The summed E-state index contributed by atoms with van der Waals surface area (Å²) in [5.74, 6) is 0. The topological polar surface area (TPSA) is 0 Å². The normalized spacial score (nSPS) is 12.0. The van der Waals surface area contributed by atoms with Crippen molar-refractivity contribution in [1.29, 1.82) is 0 Å². The van der Waals surface area contributed by atoms with Crippen LogP contribution in [-0.2, 0) is 0 Å². The summed E-state index contributed by atoms with van der Waals surface area (Å²) >= 11 is 0. The van der Waals surface area contributed by atoms with E-state index in [-0.39, 0.29) is 0 Å². The molecule has 0 heteroatoms. The molecule has 0 heterocycles. The SMILES string of the molecule is C=[C]c1ccc2c(c1)C=C2. The van der Waals surface area contributed by atoms with Crippen molar-refractivity contribution in [2.75, 3.05) is 0 Å². The number of hydrogen-bond donors (Lipinski definition) is 0. The summed E-state index contributed by atoms with van der Waals surface area (Å²) in [6.07, 6.45) is 7.04. The first kappa shape index (κ1) is 5.48. The van der Waals surface area contributed by atoms with E-state index in [1.807, 2.05) is 6.07 Å². The van der Waals surface area contributed by atoms with Crippen LogP contribution >= 0.6 is 0 Å². The first-order valence-electron chi connectivity index (χ1n) is 3.25. The van der Waals surface area contributed by atoms with Gasteiger partial charge in [0.15, 0.2) is 0 Å². The van der Waals surface area contributed by atoms with Crippen LogP contribution in [0.1, 0.15) is 16.7 Å². The summed E-state index contributed by atoms with van der Waals surface area (Å²) in [5.41, 5.74) is 3.69. The minimum atomic E-state index is 1.07. The molecule has 0 amide bonds. The van der Waals surface area contributed by atoms with Gasteiger partial charge in [-0.15, -0.1) is 0 Å². The van der Waals surface area contributed by atoms with Crippen molar-refractivity contribution in [3.63, 3.8) is 0 Å². The molecule has 0 bridgehead atoms. The molecule has 0 spiro atoms. The predicted octanol–water partition coefficient (Wildman–Crippen LogP) is 2.51. The fraction of sp³-hybridized carbons (Fsp3) is 0. The summed E-state index contributed by atoms with van der Waals surface area (Å²) < 4.78 is 0. The van der Waals surface area contributed by atoms with Crippen LogP contribution in [0.15, 0.2) is 24.8 Å². The Hall–Kier alpha value is -1.30. The second-order valence-corrected chi connectivity index (χ2v) is 2.35. The molecule has 1 radical (unpaired) electrons. The monoisotopic (exact) mass is 127 g/mol. The molecule has 0 aliphatic heterocycles. The van der Waals surface area contributed by atoms with Gasteiger partial charge >= 0.3 is 0 Å². The summed E-state index contributed by atoms with van der Waals surface area (Å²) in [7, 11) is 0. The summed E-state index contributed by atoms with van der Waals surface area (Å²) in [6, 6.07) is 6.19. The third kappa shape index (κ3) is 0.623. The van der Waals surface area contributed by atoms with Gasteiger partial charge in [0, 0.05) is 0 Å². The van der Waals surface area contributed by atoms with Gasteiger partial charge in [-0.05, 0) is 28.8 Å². The van der Waals surface area contributed by atoms with Crippen molar-refractivity contribution >= 4 is 12.2 Å². The van der Waals surface area contributed by atoms with Crippen LogP contribution in [-0.4, -0.2) is 0 Å². The number of hydrogen-bond acceptors (Lipinski definition) is 0. The molecule has 0 N–H and O–H groups in total. The van der Waals surface area contributed by atoms with E-state index in [1.165, 1.54) is 11.1 Å². The lowest BCUT2D eigenvalue weighted by molar-refractivity contribution is 1.51. The van der Waals surface area contributed by atoms with Crippen molar-refractivity contribution in [2.45, 2.75) is 0 Å². The summed E-state index contributed by atoms with van der Waals surface area (Å²) in [5, 5.41) is 0. The third-order valence-electron chi connectivity index (χ3n) is 1.73. The lowest BCUT2D eigenvalue weighted by atomic mass is 9.96. The Balaban J connectivity index is 2.56. The molecular weight excluding hydrogens is 120 g/mol. The average Bonchev–Trinajstić information content (AvgIpc) is 1.92. The van der Waals surface area contributed by atoms with Crippen LogP contribution in [0.5, 0.6) is 0 Å². The maximum Gasteiger partial charge on any atom is -0.0178 e. The highest BCUT2D eigenvalue weighted by Gasteiger charge is 2.03. The Morgan fingerprint density at radius 2 is 1.90 bits per heavy atom. The zero-order chi connectivity index (χ0) is 6.97. The molecule has 1 aromatic carbocycles. The van der Waals surface area contributed by atoms with Gasteiger partial charge in [-0.2, -0.15) is 0 Å². The maximum atomic E-state index is 3.58. The fourth-order valence-electron chi connectivity index (χ4n) is 1.06. The minimum absolute atomic E-state index is 1.07. The van der Waals surface area contributed by atoms with Gasteiger partial charge in [-0.3, -0.25) is 0 Å². The molecule has 0 unspecified atom stereocenters. The number of fused-ring (bicyclic) bond motifs is 1. The van der Waals surface area contributed by atoms with E-state index in [1.54, 1.807) is 0 Å². The third-order valence-corrected chi connectivity index (χ3v) is 1.73. The zero-order valence-corrected chi connectivity index (χ0v) is 5.59. The highest BCUT2D eigenvalue weighted by Crippen LogP contribution is 2.23. The van der Waals surface area contributed by atoms with Crippen molar-refractivity contribution in [3.8, 4) is 0 Å². The highest BCUT2D eigenvalue weighted by atomic mass is 14.1. The predicted molar refractivity (Wildman–Crippen MR) is 43.3 cm³/mol. The number of rotatable bonds is 1. The van der Waals surface area contributed by atoms with E-state index in [4.69, 9.17) is 0 Å². The van der Waals surface area contributed by atoms with Gasteiger partial charge in [0.25, 0.3) is 0 Å². The molecule has 0 saturated carbocycles. The van der Waals surface area contributed by atoms with E-state index in [9.17, 15) is 0 Å². The van der Waals surface area contributed by atoms with Gasteiger partial charge in [-0.25, -0.2) is 0 Å². The molecule has 0 fully saturated rings. The van der Waals surface area contributed by atoms with Crippen molar-refractivity contribution in [1.82, 2.24) is 0 Å². The first-order valence-corrected chi connectivity index (χ1v) is 3.25. The second-order valence-electron chi connectivity index (χ2n) is 2.35. The lowest BCUT2D eigenvalue weighted by Gasteiger charge is -2.09. The Morgan fingerprint density at radius 3 is 2.40 bits per heavy atom. The van der Waals surface area contributed by atoms with Crippen LogP contribution in [0, 0.1) is 6.08 Å². The molecule has 47 valence electrons. The van der Waals surface area contributed by atoms with Gasteiger partial charge in [0.2, 0.25) is 0 Å². The zero-order valence-electron chi connectivity index (χ0n) is 5.59. The Kier molecular flexibility index (Phi) is 1.01. The van der Waals surface area contributed by atoms with E-state index in [2.05, 4.69) is 36.9 Å². The molecule has 1 aromatic rings. The van der Waals surface area contributed by atoms with Gasteiger partial charge in [0.1, 0.15) is 0 Å². The van der Waals surface area contributed by atoms with Crippen LogP contribution in [0.4, 0.5) is 0 Å². The molecule has 10 heavy (non-hydrogen) atoms. The van der Waals surface area contributed by atoms with E-state index >= 15 is 0 Å². The standard InChI is InChI=1S/C10H7/c1-2-8-3-4-9-5-6-10(9)7-8/h3-7H,1H2. The molecule has 0 saturated heterocycles. The van der Waals surface area contributed by atoms with E-state index < -0.39 is 0 Å². The summed E-state index contributed by atoms with van der Waals surface area (Å²) in [6.45, 7) is 3.58. The average molecular weight is 127 g/mol. The fourth-order valence-corrected chi connectivity index (χ4v) is 1.06. The van der Waals surface area contributed by atoms with Crippen molar-refractivity contribution < 1.29 is 0 Å². The van der Waals surface area contributed by atoms with Crippen LogP contribution in [0.25, 0.3) is 12.2 Å². The molecule has 2 rings (SSSR count). The van der Waals surface area contributed by atoms with Gasteiger partial charge < -0.3 is 0 Å². The Labute approximate surface area is 60.5 Å². The second kappa shape index (κ2) is 1.84. The highest BCUT2D eigenvalue weighted by molar-refractivity contribution is 5.85. The molecule has 0 nitrogen and oxygen atoms in total. The van der Waals surface area contributed by atoms with E-state index in [0.29, 0.717) is 0 Å².